The molecular weight excluding hydrogens is 372 g/mol. The summed E-state index contributed by atoms with van der Waals surface area (Å²) < 4.78 is 16.6. The van der Waals surface area contributed by atoms with Gasteiger partial charge in [0.1, 0.15) is 22.6 Å². The lowest BCUT2D eigenvalue weighted by atomic mass is 9.97. The van der Waals surface area contributed by atoms with Crippen molar-refractivity contribution in [2.45, 2.75) is 39.5 Å². The van der Waals surface area contributed by atoms with Crippen LogP contribution in [-0.2, 0) is 9.53 Å². The van der Waals surface area contributed by atoms with E-state index in [2.05, 4.69) is 4.98 Å². The van der Waals surface area contributed by atoms with Crippen LogP contribution >= 0.6 is 0 Å². The number of para-hydroxylation sites is 2. The maximum atomic E-state index is 12.5. The topological polar surface area (TPSA) is 85.8 Å². The molecule has 3 heterocycles. The molecule has 3 aromatic rings. The van der Waals surface area contributed by atoms with Crippen LogP contribution in [0.2, 0.25) is 0 Å². The number of hydrogen-bond acceptors (Lipinski definition) is 6. The van der Waals surface area contributed by atoms with Crippen molar-refractivity contribution in [1.82, 2.24) is 9.88 Å². The van der Waals surface area contributed by atoms with E-state index in [0.29, 0.717) is 30.2 Å². The maximum absolute atomic E-state index is 12.5. The molecule has 1 aliphatic rings. The van der Waals surface area contributed by atoms with Crippen molar-refractivity contribution in [2.24, 2.45) is 0 Å². The second-order valence-electron chi connectivity index (χ2n) is 7.47. The fraction of sp³-hybridized carbons (Fsp3) is 0.409. The van der Waals surface area contributed by atoms with Gasteiger partial charge in [-0.2, -0.15) is 0 Å². The molecule has 0 radical (unpaired) electrons. The zero-order chi connectivity index (χ0) is 20.5. The van der Waals surface area contributed by atoms with Gasteiger partial charge >= 0.3 is 5.97 Å². The number of aryl methyl sites for hydroxylation is 2. The summed E-state index contributed by atoms with van der Waals surface area (Å²) in [5.41, 5.74) is 2.80. The smallest absolute Gasteiger partial charge is 0.342 e. The number of ether oxygens (including phenoxy) is 1. The molecule has 7 heteroatoms. The first-order valence-electron chi connectivity index (χ1n) is 9.81. The lowest BCUT2D eigenvalue weighted by Gasteiger charge is -2.30. The van der Waals surface area contributed by atoms with Gasteiger partial charge in [0.15, 0.2) is 18.1 Å². The fourth-order valence-corrected chi connectivity index (χ4v) is 3.83. The number of furan rings is 1. The molecule has 4 rings (SSSR count). The highest BCUT2D eigenvalue weighted by molar-refractivity contribution is 5.93. The van der Waals surface area contributed by atoms with Crippen molar-refractivity contribution in [3.05, 3.63) is 52.8 Å². The summed E-state index contributed by atoms with van der Waals surface area (Å²) in [4.78, 5) is 31.1. The third kappa shape index (κ3) is 3.77. The standard InChI is InChI=1S/C22H24N2O5/c1-13-14(2)28-15(3)20(13)22(26)27-12-19(25)24-10-8-16(9-11-24)21-23-17-6-4-5-7-18(17)29-21/h4-7,16H,8-12H2,1-3H3. The van der Waals surface area contributed by atoms with Crippen LogP contribution in [0.1, 0.15) is 52.1 Å². The van der Waals surface area contributed by atoms with Crippen LogP contribution in [0.4, 0.5) is 0 Å². The Labute approximate surface area is 168 Å². The van der Waals surface area contributed by atoms with E-state index in [1.165, 1.54) is 0 Å². The second kappa shape index (κ2) is 7.73. The number of rotatable bonds is 4. The number of oxazole rings is 1. The van der Waals surface area contributed by atoms with Crippen LogP contribution in [0.5, 0.6) is 0 Å². The molecule has 152 valence electrons. The molecule has 1 aliphatic heterocycles. The van der Waals surface area contributed by atoms with E-state index in [0.717, 1.165) is 35.4 Å². The van der Waals surface area contributed by atoms with Crippen molar-refractivity contribution in [3.63, 3.8) is 0 Å². The molecule has 1 saturated heterocycles. The van der Waals surface area contributed by atoms with E-state index in [9.17, 15) is 9.59 Å². The maximum Gasteiger partial charge on any atom is 0.342 e. The molecule has 0 unspecified atom stereocenters. The molecule has 2 aromatic heterocycles. The van der Waals surface area contributed by atoms with Gasteiger partial charge in [0.05, 0.1) is 0 Å². The summed E-state index contributed by atoms with van der Waals surface area (Å²) in [6.45, 7) is 6.22. The lowest BCUT2D eigenvalue weighted by Crippen LogP contribution is -2.40. The number of piperidine rings is 1. The van der Waals surface area contributed by atoms with Gasteiger partial charge in [-0.25, -0.2) is 9.78 Å². The van der Waals surface area contributed by atoms with E-state index in [1.54, 1.807) is 25.7 Å². The number of carbonyl (C=O) groups is 2. The number of esters is 1. The van der Waals surface area contributed by atoms with Crippen molar-refractivity contribution < 1.29 is 23.2 Å². The molecule has 0 spiro atoms. The zero-order valence-corrected chi connectivity index (χ0v) is 16.9. The molecule has 1 fully saturated rings. The van der Waals surface area contributed by atoms with Gasteiger partial charge in [-0.15, -0.1) is 0 Å². The van der Waals surface area contributed by atoms with Crippen LogP contribution in [0.15, 0.2) is 33.1 Å². The minimum Gasteiger partial charge on any atom is -0.465 e. The molecular formula is C22H24N2O5. The molecule has 0 aliphatic carbocycles. The number of fused-ring (bicyclic) bond motifs is 1. The highest BCUT2D eigenvalue weighted by Crippen LogP contribution is 2.30. The third-order valence-electron chi connectivity index (χ3n) is 5.60. The third-order valence-corrected chi connectivity index (χ3v) is 5.60. The summed E-state index contributed by atoms with van der Waals surface area (Å²) in [7, 11) is 0. The Morgan fingerprint density at radius 3 is 2.48 bits per heavy atom. The van der Waals surface area contributed by atoms with Gasteiger partial charge in [0, 0.05) is 24.6 Å². The Morgan fingerprint density at radius 2 is 1.83 bits per heavy atom. The number of hydrogen-bond donors (Lipinski definition) is 0. The number of benzene rings is 1. The monoisotopic (exact) mass is 396 g/mol. The number of amides is 1. The van der Waals surface area contributed by atoms with Gasteiger partial charge in [-0.3, -0.25) is 4.79 Å². The SMILES string of the molecule is Cc1oc(C)c(C(=O)OCC(=O)N2CCC(c3nc4ccccc4o3)CC2)c1C. The number of carbonyl (C=O) groups excluding carboxylic acids is 2. The Bertz CT molecular complexity index is 1020. The van der Waals surface area contributed by atoms with Crippen LogP contribution < -0.4 is 0 Å². The summed E-state index contributed by atoms with van der Waals surface area (Å²) >= 11 is 0. The van der Waals surface area contributed by atoms with Gasteiger partial charge in [0.2, 0.25) is 0 Å². The van der Waals surface area contributed by atoms with Crippen molar-refractivity contribution in [3.8, 4) is 0 Å². The van der Waals surface area contributed by atoms with Crippen molar-refractivity contribution in [1.29, 1.82) is 0 Å². The largest absolute Gasteiger partial charge is 0.465 e. The Balaban J connectivity index is 1.31. The molecule has 1 amide bonds. The van der Waals surface area contributed by atoms with E-state index < -0.39 is 5.97 Å². The first-order chi connectivity index (χ1) is 13.9. The highest BCUT2D eigenvalue weighted by atomic mass is 16.5. The summed E-state index contributed by atoms with van der Waals surface area (Å²) in [6.07, 6.45) is 1.54. The molecule has 0 N–H and O–H groups in total. The minimum absolute atomic E-state index is 0.188. The normalized spacial score (nSPS) is 15.1. The molecule has 1 aromatic carbocycles. The lowest BCUT2D eigenvalue weighted by molar-refractivity contribution is -0.135. The van der Waals surface area contributed by atoms with Crippen LogP contribution in [0.25, 0.3) is 11.1 Å². The van der Waals surface area contributed by atoms with Gasteiger partial charge in [-0.1, -0.05) is 12.1 Å². The van der Waals surface area contributed by atoms with Crippen molar-refractivity contribution in [2.75, 3.05) is 19.7 Å². The van der Waals surface area contributed by atoms with Crippen LogP contribution in [-0.4, -0.2) is 41.5 Å². The Hall–Kier alpha value is -3.09. The van der Waals surface area contributed by atoms with Crippen molar-refractivity contribution >= 4 is 23.0 Å². The molecule has 29 heavy (non-hydrogen) atoms. The van der Waals surface area contributed by atoms with Crippen LogP contribution in [0, 0.1) is 20.8 Å². The van der Waals surface area contributed by atoms with Crippen LogP contribution in [0.3, 0.4) is 0 Å². The predicted octanol–water partition coefficient (Wildman–Crippen LogP) is 3.91. The fourth-order valence-electron chi connectivity index (χ4n) is 3.83. The quantitative estimate of drug-likeness (QED) is 0.622. The van der Waals surface area contributed by atoms with Gasteiger partial charge in [-0.05, 0) is 45.7 Å². The second-order valence-corrected chi connectivity index (χ2v) is 7.47. The molecule has 0 saturated carbocycles. The van der Waals surface area contributed by atoms with Gasteiger partial charge in [0.25, 0.3) is 5.91 Å². The van der Waals surface area contributed by atoms with Gasteiger partial charge < -0.3 is 18.5 Å². The summed E-state index contributed by atoms with van der Waals surface area (Å²) in [5, 5.41) is 0. The van der Waals surface area contributed by atoms with E-state index in [1.807, 2.05) is 24.3 Å². The summed E-state index contributed by atoms with van der Waals surface area (Å²) in [5.74, 6) is 1.40. The molecule has 0 atom stereocenters. The predicted molar refractivity (Wildman–Crippen MR) is 106 cm³/mol. The van der Waals surface area contributed by atoms with E-state index in [-0.39, 0.29) is 18.4 Å². The zero-order valence-electron chi connectivity index (χ0n) is 16.9. The average molecular weight is 396 g/mol. The highest BCUT2D eigenvalue weighted by Gasteiger charge is 2.28. The molecule has 0 bridgehead atoms. The summed E-state index contributed by atoms with van der Waals surface area (Å²) in [6, 6.07) is 7.70. The minimum atomic E-state index is -0.522. The number of nitrogens with zero attached hydrogens (tertiary/aromatic N) is 2. The first kappa shape index (κ1) is 19.2. The molecule has 7 nitrogen and oxygen atoms in total. The number of aromatic nitrogens is 1. The Kier molecular flexibility index (Phi) is 5.13. The van der Waals surface area contributed by atoms with E-state index in [4.69, 9.17) is 13.6 Å². The Morgan fingerprint density at radius 1 is 1.10 bits per heavy atom. The average Bonchev–Trinajstić information content (AvgIpc) is 3.26. The van der Waals surface area contributed by atoms with E-state index >= 15 is 0 Å². The number of likely N-dealkylation sites (tertiary alicyclic amines) is 1. The first-order valence-corrected chi connectivity index (χ1v) is 9.81.